The lowest BCUT2D eigenvalue weighted by molar-refractivity contribution is 0.0594. The number of H-pyrrole nitrogens is 1. The van der Waals surface area contributed by atoms with Gasteiger partial charge in [-0.15, -0.1) is 11.8 Å². The van der Waals surface area contributed by atoms with Gasteiger partial charge in [-0.2, -0.15) is 5.26 Å². The first-order chi connectivity index (χ1) is 13.5. The van der Waals surface area contributed by atoms with E-state index in [4.69, 9.17) is 11.6 Å². The molecule has 0 bridgehead atoms. The number of rotatable bonds is 5. The first kappa shape index (κ1) is 19.7. The Kier molecular flexibility index (Phi) is 6.14. The highest BCUT2D eigenvalue weighted by atomic mass is 35.5. The fourth-order valence-electron chi connectivity index (χ4n) is 2.57. The van der Waals surface area contributed by atoms with Gasteiger partial charge in [0.05, 0.1) is 23.4 Å². The van der Waals surface area contributed by atoms with Crippen molar-refractivity contribution < 1.29 is 9.53 Å². The zero-order valence-corrected chi connectivity index (χ0v) is 16.3. The molecule has 2 aromatic heterocycles. The number of esters is 1. The Balaban J connectivity index is 1.98. The van der Waals surface area contributed by atoms with Gasteiger partial charge in [0, 0.05) is 11.3 Å². The number of hydrogen-bond donors (Lipinski definition) is 1. The van der Waals surface area contributed by atoms with Crippen molar-refractivity contribution in [1.82, 2.24) is 9.97 Å². The summed E-state index contributed by atoms with van der Waals surface area (Å²) in [6.07, 6.45) is 0. The van der Waals surface area contributed by atoms with Gasteiger partial charge in [0.2, 0.25) is 0 Å². The fraction of sp³-hybridized carbons (Fsp3) is 0.100. The molecule has 8 heteroatoms. The van der Waals surface area contributed by atoms with Crippen LogP contribution in [0.15, 0.2) is 58.4 Å². The maximum atomic E-state index is 12.3. The number of benzene rings is 1. The molecule has 0 radical (unpaired) electrons. The smallest absolute Gasteiger partial charge is 0.356 e. The standard InChI is InChI=1S/C20H14ClN3O3S/c1-27-20(26)15-9-5-8-13(23-15)11-28-19-14(10-22)16(17(21)18(25)24-19)12-6-3-2-4-7-12/h2-9H,11H2,1H3,(H,24,25). The number of carbonyl (C=O) groups excluding carboxylic acids is 1. The molecule has 140 valence electrons. The summed E-state index contributed by atoms with van der Waals surface area (Å²) in [5.74, 6) is -0.193. The lowest BCUT2D eigenvalue weighted by Gasteiger charge is -2.11. The molecule has 2 heterocycles. The highest BCUT2D eigenvalue weighted by Crippen LogP contribution is 2.34. The molecule has 0 atom stereocenters. The van der Waals surface area contributed by atoms with Crippen molar-refractivity contribution in [3.05, 3.63) is 80.9 Å². The summed E-state index contributed by atoms with van der Waals surface area (Å²) in [7, 11) is 1.29. The maximum Gasteiger partial charge on any atom is 0.356 e. The highest BCUT2D eigenvalue weighted by Gasteiger charge is 2.18. The van der Waals surface area contributed by atoms with Gasteiger partial charge in [0.25, 0.3) is 5.56 Å². The number of methoxy groups -OCH3 is 1. The van der Waals surface area contributed by atoms with Crippen molar-refractivity contribution in [2.75, 3.05) is 7.11 Å². The third kappa shape index (κ3) is 4.09. The summed E-state index contributed by atoms with van der Waals surface area (Å²) in [6, 6.07) is 16.2. The molecule has 0 amide bonds. The molecule has 0 aliphatic rings. The Morgan fingerprint density at radius 3 is 2.68 bits per heavy atom. The van der Waals surface area contributed by atoms with Gasteiger partial charge in [-0.25, -0.2) is 9.78 Å². The van der Waals surface area contributed by atoms with Crippen LogP contribution in [0.4, 0.5) is 0 Å². The Hall–Kier alpha value is -3.08. The minimum Gasteiger partial charge on any atom is -0.464 e. The maximum absolute atomic E-state index is 12.3. The number of nitrogens with one attached hydrogen (secondary N) is 1. The third-order valence-electron chi connectivity index (χ3n) is 3.86. The van der Waals surface area contributed by atoms with Crippen LogP contribution in [-0.2, 0) is 10.5 Å². The van der Waals surface area contributed by atoms with Crippen LogP contribution in [0.25, 0.3) is 11.1 Å². The molecule has 0 saturated carbocycles. The molecule has 0 aliphatic carbocycles. The number of aromatic nitrogens is 2. The number of carbonyl (C=O) groups is 1. The highest BCUT2D eigenvalue weighted by molar-refractivity contribution is 7.98. The molecule has 0 spiro atoms. The summed E-state index contributed by atoms with van der Waals surface area (Å²) in [5.41, 5.74) is 1.68. The Morgan fingerprint density at radius 2 is 2.00 bits per heavy atom. The molecular formula is C20H14ClN3O3S. The molecule has 0 fully saturated rings. The summed E-state index contributed by atoms with van der Waals surface area (Å²) in [5, 5.41) is 10.1. The number of halogens is 1. The molecule has 6 nitrogen and oxygen atoms in total. The van der Waals surface area contributed by atoms with E-state index in [0.717, 1.165) is 0 Å². The van der Waals surface area contributed by atoms with E-state index in [-0.39, 0.29) is 16.3 Å². The van der Waals surface area contributed by atoms with Crippen LogP contribution in [0, 0.1) is 11.3 Å². The zero-order chi connectivity index (χ0) is 20.1. The van der Waals surface area contributed by atoms with Crippen LogP contribution in [0.2, 0.25) is 5.02 Å². The second-order valence-corrected chi connectivity index (χ2v) is 6.98. The molecule has 3 rings (SSSR count). The quantitative estimate of drug-likeness (QED) is 0.502. The van der Waals surface area contributed by atoms with Gasteiger partial charge < -0.3 is 9.72 Å². The van der Waals surface area contributed by atoms with Crippen LogP contribution in [0.3, 0.4) is 0 Å². The van der Waals surface area contributed by atoms with Crippen molar-refractivity contribution >= 4 is 29.3 Å². The summed E-state index contributed by atoms with van der Waals surface area (Å²) >= 11 is 7.44. The monoisotopic (exact) mass is 411 g/mol. The van der Waals surface area contributed by atoms with Gasteiger partial charge in [0.1, 0.15) is 16.8 Å². The molecule has 1 N–H and O–H groups in total. The van der Waals surface area contributed by atoms with Crippen LogP contribution in [0.1, 0.15) is 21.7 Å². The second-order valence-electron chi connectivity index (χ2n) is 5.62. The molecule has 1 aromatic carbocycles. The topological polar surface area (TPSA) is 95.8 Å². The summed E-state index contributed by atoms with van der Waals surface area (Å²) in [4.78, 5) is 30.8. The van der Waals surface area contributed by atoms with Crippen molar-refractivity contribution in [2.24, 2.45) is 0 Å². The Morgan fingerprint density at radius 1 is 1.25 bits per heavy atom. The molecular weight excluding hydrogens is 398 g/mol. The molecule has 3 aromatic rings. The third-order valence-corrected chi connectivity index (χ3v) is 5.26. The van der Waals surface area contributed by atoms with Crippen LogP contribution >= 0.6 is 23.4 Å². The van der Waals surface area contributed by atoms with Crippen molar-refractivity contribution in [3.8, 4) is 17.2 Å². The Bertz CT molecular complexity index is 1120. The van der Waals surface area contributed by atoms with Crippen LogP contribution < -0.4 is 5.56 Å². The number of pyridine rings is 2. The minimum absolute atomic E-state index is 0.0297. The average Bonchev–Trinajstić information content (AvgIpc) is 2.74. The van der Waals surface area contributed by atoms with Gasteiger partial charge in [0.15, 0.2) is 0 Å². The van der Waals surface area contributed by atoms with Crippen LogP contribution in [0.5, 0.6) is 0 Å². The van der Waals surface area contributed by atoms with E-state index in [0.29, 0.717) is 27.6 Å². The van der Waals surface area contributed by atoms with Gasteiger partial charge in [-0.1, -0.05) is 48.0 Å². The molecule has 0 saturated heterocycles. The van der Waals surface area contributed by atoms with Gasteiger partial charge in [-0.3, -0.25) is 4.79 Å². The molecule has 0 aliphatic heterocycles. The number of nitrogens with zero attached hydrogens (tertiary/aromatic N) is 2. The van der Waals surface area contributed by atoms with Gasteiger partial charge in [-0.05, 0) is 17.7 Å². The largest absolute Gasteiger partial charge is 0.464 e. The molecule has 0 unspecified atom stereocenters. The van der Waals surface area contributed by atoms with E-state index >= 15 is 0 Å². The predicted octanol–water partition coefficient (Wildman–Crippen LogP) is 4.04. The van der Waals surface area contributed by atoms with Crippen molar-refractivity contribution in [3.63, 3.8) is 0 Å². The van der Waals surface area contributed by atoms with E-state index in [9.17, 15) is 14.9 Å². The minimum atomic E-state index is -0.532. The van der Waals surface area contributed by atoms with E-state index < -0.39 is 11.5 Å². The lowest BCUT2D eigenvalue weighted by atomic mass is 10.0. The van der Waals surface area contributed by atoms with Crippen LogP contribution in [-0.4, -0.2) is 23.0 Å². The van der Waals surface area contributed by atoms with Crippen molar-refractivity contribution in [2.45, 2.75) is 10.8 Å². The van der Waals surface area contributed by atoms with E-state index in [1.807, 2.05) is 18.2 Å². The van der Waals surface area contributed by atoms with E-state index in [1.54, 1.807) is 30.3 Å². The van der Waals surface area contributed by atoms with Crippen molar-refractivity contribution in [1.29, 1.82) is 5.26 Å². The number of nitriles is 1. The SMILES string of the molecule is COC(=O)c1cccc(CSc2[nH]c(=O)c(Cl)c(-c3ccccc3)c2C#N)n1. The first-order valence-corrected chi connectivity index (χ1v) is 9.50. The summed E-state index contributed by atoms with van der Waals surface area (Å²) < 4.78 is 4.67. The van der Waals surface area contributed by atoms with Gasteiger partial charge >= 0.3 is 5.97 Å². The normalized spacial score (nSPS) is 10.3. The number of hydrogen-bond acceptors (Lipinski definition) is 6. The van der Waals surface area contributed by atoms with E-state index in [1.165, 1.54) is 18.9 Å². The summed E-state index contributed by atoms with van der Waals surface area (Å²) in [6.45, 7) is 0. The Labute approximate surface area is 170 Å². The van der Waals surface area contributed by atoms with E-state index in [2.05, 4.69) is 20.8 Å². The lowest BCUT2D eigenvalue weighted by Crippen LogP contribution is -2.11. The fourth-order valence-corrected chi connectivity index (χ4v) is 3.73. The number of ether oxygens (including phenoxy) is 1. The predicted molar refractivity (Wildman–Crippen MR) is 107 cm³/mol. The second kappa shape index (κ2) is 8.74. The number of thioether (sulfide) groups is 1. The number of aromatic amines is 1. The average molecular weight is 412 g/mol. The molecule has 28 heavy (non-hydrogen) atoms. The first-order valence-electron chi connectivity index (χ1n) is 8.13. The zero-order valence-electron chi connectivity index (χ0n) is 14.7.